The van der Waals surface area contributed by atoms with Gasteiger partial charge in [-0.1, -0.05) is 157 Å². The summed E-state index contributed by atoms with van der Waals surface area (Å²) < 4.78 is 2.00. The summed E-state index contributed by atoms with van der Waals surface area (Å²) in [5, 5.41) is 9.80. The van der Waals surface area contributed by atoms with Crippen LogP contribution in [0.4, 0.5) is 0 Å². The zero-order chi connectivity index (χ0) is 38.4. The zero-order valence-corrected chi connectivity index (χ0v) is 31.3. The van der Waals surface area contributed by atoms with Crippen molar-refractivity contribution in [3.05, 3.63) is 193 Å². The average Bonchev–Trinajstić information content (AvgIpc) is 4.14. The molecule has 0 saturated heterocycles. The summed E-state index contributed by atoms with van der Waals surface area (Å²) in [6, 6.07) is 60.9. The SMILES string of the molecule is C1=Cc2nc1c(-c1ccccc1)c1ccc([nH]1)c(-c1ccccc1)c1nc(c(-c3ccccc3)c3ccc([nH]3)c2-c2ccccc2)-c2c-1nnn2Cc1ccccc1. The van der Waals surface area contributed by atoms with Crippen LogP contribution in [0.1, 0.15) is 17.0 Å². The van der Waals surface area contributed by atoms with Gasteiger partial charge in [-0.15, -0.1) is 5.10 Å². The van der Waals surface area contributed by atoms with Gasteiger partial charge in [-0.2, -0.15) is 0 Å². The number of benzene rings is 5. The molecular formula is C51H35N7. The summed E-state index contributed by atoms with van der Waals surface area (Å²) in [6.45, 7) is 0.535. The Kier molecular flexibility index (Phi) is 8.07. The Morgan fingerprint density at radius 1 is 0.379 bits per heavy atom. The van der Waals surface area contributed by atoms with E-state index in [-0.39, 0.29) is 0 Å². The molecule has 8 bridgehead atoms. The second-order valence-corrected chi connectivity index (χ2v) is 14.5. The van der Waals surface area contributed by atoms with Crippen LogP contribution < -0.4 is 0 Å². The highest BCUT2D eigenvalue weighted by atomic mass is 15.4. The fourth-order valence-corrected chi connectivity index (χ4v) is 8.30. The van der Waals surface area contributed by atoms with Crippen LogP contribution in [-0.2, 0) is 6.54 Å². The fourth-order valence-electron chi connectivity index (χ4n) is 8.30. The molecule has 0 unspecified atom stereocenters. The lowest BCUT2D eigenvalue weighted by Gasteiger charge is -2.09. The van der Waals surface area contributed by atoms with E-state index in [1.165, 1.54) is 0 Å². The molecule has 0 radical (unpaired) electrons. The highest BCUT2D eigenvalue weighted by Gasteiger charge is 2.31. The number of aromatic nitrogens is 7. The molecule has 58 heavy (non-hydrogen) atoms. The Morgan fingerprint density at radius 3 is 1.24 bits per heavy atom. The summed E-state index contributed by atoms with van der Waals surface area (Å²) >= 11 is 0. The quantitative estimate of drug-likeness (QED) is 0.177. The van der Waals surface area contributed by atoms with Gasteiger partial charge in [0.15, 0.2) is 0 Å². The number of nitrogens with one attached hydrogen (secondary N) is 2. The highest BCUT2D eigenvalue weighted by molar-refractivity contribution is 6.03. The Labute approximate surface area is 334 Å². The standard InChI is InChI=1S/C51H35N7/c1-6-16-33(17-7-1)32-58-51-49-47(37-24-14-5-15-25-37)43-31-29-41(54-43)45(35-20-10-3-11-21-35)39-27-26-38(52-39)44(34-18-8-2-9-19-34)40-28-30-42(53-40)46(36-22-12-4-13-23-36)48(55-49)50(51)56-57-58/h1-31,53-54H,32H2. The molecule has 6 heterocycles. The molecule has 274 valence electrons. The Hall–Kier alpha value is -7.90. The van der Waals surface area contributed by atoms with Gasteiger partial charge in [0.05, 0.1) is 17.9 Å². The number of rotatable bonds is 6. The monoisotopic (exact) mass is 745 g/mol. The molecule has 0 fully saturated rings. The van der Waals surface area contributed by atoms with Crippen LogP contribution >= 0.6 is 0 Å². The van der Waals surface area contributed by atoms with Gasteiger partial charge >= 0.3 is 0 Å². The first kappa shape index (κ1) is 33.4. The minimum atomic E-state index is 0.535. The van der Waals surface area contributed by atoms with Gasteiger partial charge in [-0.25, -0.2) is 14.6 Å². The third-order valence-corrected chi connectivity index (χ3v) is 10.9. The van der Waals surface area contributed by atoms with Crippen molar-refractivity contribution in [1.82, 2.24) is 34.9 Å². The van der Waals surface area contributed by atoms with Gasteiger partial charge in [0, 0.05) is 44.3 Å². The van der Waals surface area contributed by atoms with Crippen LogP contribution in [0.3, 0.4) is 0 Å². The first-order chi connectivity index (χ1) is 28.8. The smallest absolute Gasteiger partial charge is 0.141 e. The minimum absolute atomic E-state index is 0.535. The third-order valence-electron chi connectivity index (χ3n) is 10.9. The summed E-state index contributed by atoms with van der Waals surface area (Å²) in [6.07, 6.45) is 4.26. The van der Waals surface area contributed by atoms with E-state index in [1.807, 2.05) is 35.0 Å². The van der Waals surface area contributed by atoms with Crippen LogP contribution in [0.15, 0.2) is 176 Å². The van der Waals surface area contributed by atoms with Crippen LogP contribution in [0.2, 0.25) is 0 Å². The van der Waals surface area contributed by atoms with Crippen LogP contribution in [0, 0.1) is 0 Å². The van der Waals surface area contributed by atoms with E-state index >= 15 is 0 Å². The van der Waals surface area contributed by atoms with Crippen molar-refractivity contribution in [1.29, 1.82) is 0 Å². The second kappa shape index (κ2) is 14.0. The van der Waals surface area contributed by atoms with E-state index in [4.69, 9.17) is 20.3 Å². The van der Waals surface area contributed by atoms with Crippen molar-refractivity contribution in [3.8, 4) is 67.3 Å². The van der Waals surface area contributed by atoms with E-state index in [2.05, 4.69) is 168 Å². The maximum absolute atomic E-state index is 5.67. The van der Waals surface area contributed by atoms with Gasteiger partial charge in [0.1, 0.15) is 22.8 Å². The molecular weight excluding hydrogens is 711 g/mol. The maximum atomic E-state index is 5.67. The molecule has 2 aliphatic heterocycles. The van der Waals surface area contributed by atoms with E-state index in [9.17, 15) is 0 Å². The fraction of sp³-hybridized carbons (Fsp3) is 0.0196. The number of fused-ring (bicyclic) bond motifs is 11. The lowest BCUT2D eigenvalue weighted by atomic mass is 10.0. The first-order valence-corrected chi connectivity index (χ1v) is 19.4. The van der Waals surface area contributed by atoms with Crippen LogP contribution in [0.25, 0.3) is 102 Å². The van der Waals surface area contributed by atoms with Gasteiger partial charge in [-0.3, -0.25) is 0 Å². The van der Waals surface area contributed by atoms with Crippen molar-refractivity contribution in [2.24, 2.45) is 0 Å². The van der Waals surface area contributed by atoms with Crippen molar-refractivity contribution >= 4 is 34.2 Å². The molecule has 5 aromatic carbocycles. The molecule has 0 amide bonds. The van der Waals surface area contributed by atoms with Crippen molar-refractivity contribution in [2.75, 3.05) is 0 Å². The first-order valence-electron chi connectivity index (χ1n) is 19.4. The zero-order valence-electron chi connectivity index (χ0n) is 31.3. The van der Waals surface area contributed by atoms with Gasteiger partial charge in [-0.05, 0) is 64.2 Å². The van der Waals surface area contributed by atoms with Gasteiger partial charge in [0.2, 0.25) is 0 Å². The summed E-state index contributed by atoms with van der Waals surface area (Å²) in [5.41, 5.74) is 17.8. The molecule has 11 rings (SSSR count). The van der Waals surface area contributed by atoms with E-state index in [0.717, 1.165) is 106 Å². The topological polar surface area (TPSA) is 88.1 Å². The maximum Gasteiger partial charge on any atom is 0.141 e. The number of hydrogen-bond donors (Lipinski definition) is 2. The molecule has 0 saturated carbocycles. The molecule has 4 aromatic heterocycles. The highest BCUT2D eigenvalue weighted by Crippen LogP contribution is 2.46. The lowest BCUT2D eigenvalue weighted by molar-refractivity contribution is 0.654. The molecule has 0 aliphatic carbocycles. The molecule has 2 N–H and O–H groups in total. The molecule has 9 aromatic rings. The Bertz CT molecular complexity index is 3160. The normalized spacial score (nSPS) is 11.8. The summed E-state index contributed by atoms with van der Waals surface area (Å²) in [7, 11) is 0. The summed E-state index contributed by atoms with van der Waals surface area (Å²) in [4.78, 5) is 18.8. The van der Waals surface area contributed by atoms with Crippen molar-refractivity contribution in [3.63, 3.8) is 0 Å². The number of H-pyrrole nitrogens is 2. The minimum Gasteiger partial charge on any atom is -0.354 e. The van der Waals surface area contributed by atoms with Crippen LogP contribution in [-0.4, -0.2) is 34.9 Å². The predicted molar refractivity (Wildman–Crippen MR) is 235 cm³/mol. The Morgan fingerprint density at radius 2 is 0.776 bits per heavy atom. The molecule has 0 atom stereocenters. The van der Waals surface area contributed by atoms with Gasteiger partial charge in [0.25, 0.3) is 0 Å². The second-order valence-electron chi connectivity index (χ2n) is 14.5. The van der Waals surface area contributed by atoms with Crippen LogP contribution in [0.5, 0.6) is 0 Å². The molecule has 2 aliphatic rings. The summed E-state index contributed by atoms with van der Waals surface area (Å²) in [5.74, 6) is 0. The lowest BCUT2D eigenvalue weighted by Crippen LogP contribution is -2.04. The molecule has 7 heteroatoms. The largest absolute Gasteiger partial charge is 0.354 e. The van der Waals surface area contributed by atoms with E-state index in [1.54, 1.807) is 0 Å². The van der Waals surface area contributed by atoms with E-state index in [0.29, 0.717) is 6.54 Å². The van der Waals surface area contributed by atoms with E-state index < -0.39 is 0 Å². The van der Waals surface area contributed by atoms with Crippen molar-refractivity contribution < 1.29 is 0 Å². The molecule has 0 spiro atoms. The Balaban J connectivity index is 1.35. The van der Waals surface area contributed by atoms with Crippen molar-refractivity contribution in [2.45, 2.75) is 6.54 Å². The average molecular weight is 746 g/mol. The molecule has 7 nitrogen and oxygen atoms in total. The third kappa shape index (κ3) is 5.76. The number of hydrogen-bond acceptors (Lipinski definition) is 4. The predicted octanol–water partition coefficient (Wildman–Crippen LogP) is 12.1. The number of nitrogens with zero attached hydrogens (tertiary/aromatic N) is 5. The number of aromatic amines is 2. The van der Waals surface area contributed by atoms with Gasteiger partial charge < -0.3 is 9.97 Å².